The first kappa shape index (κ1) is 12.5. The number of anilines is 1. The van der Waals surface area contributed by atoms with E-state index in [0.717, 1.165) is 22.3 Å². The van der Waals surface area contributed by atoms with Crippen molar-refractivity contribution in [3.63, 3.8) is 0 Å². The first-order valence-corrected chi connectivity index (χ1v) is 6.86. The van der Waals surface area contributed by atoms with E-state index in [4.69, 9.17) is 4.74 Å². The van der Waals surface area contributed by atoms with Crippen molar-refractivity contribution >= 4 is 33.0 Å². The number of hydrogen-bond acceptors (Lipinski definition) is 4. The van der Waals surface area contributed by atoms with E-state index in [1.54, 1.807) is 18.4 Å². The minimum atomic E-state index is 0.590. The maximum Gasteiger partial charge on any atom is 0.0794 e. The molecule has 0 radical (unpaired) electrons. The summed E-state index contributed by atoms with van der Waals surface area (Å²) in [4.78, 5) is 5.27. The highest BCUT2D eigenvalue weighted by atomic mass is 79.9. The standard InChI is InChI=1S/C12H13BrN2OS/c1-16-7-10-11(13)3-2-4-12(10)15-6-9-5-14-8-17-9/h2-5,8,15H,6-7H2,1H3. The molecule has 0 amide bonds. The van der Waals surface area contributed by atoms with Crippen molar-refractivity contribution < 1.29 is 4.74 Å². The van der Waals surface area contributed by atoms with Crippen LogP contribution in [0.1, 0.15) is 10.4 Å². The minimum absolute atomic E-state index is 0.590. The normalized spacial score (nSPS) is 10.5. The van der Waals surface area contributed by atoms with Crippen LogP contribution in [0.15, 0.2) is 34.4 Å². The molecule has 1 aromatic heterocycles. The van der Waals surface area contributed by atoms with Crippen molar-refractivity contribution in [2.24, 2.45) is 0 Å². The Morgan fingerprint density at radius 3 is 3.06 bits per heavy atom. The van der Waals surface area contributed by atoms with Crippen LogP contribution in [0, 0.1) is 0 Å². The highest BCUT2D eigenvalue weighted by molar-refractivity contribution is 9.10. The van der Waals surface area contributed by atoms with Crippen molar-refractivity contribution in [2.75, 3.05) is 12.4 Å². The monoisotopic (exact) mass is 312 g/mol. The molecule has 1 heterocycles. The summed E-state index contributed by atoms with van der Waals surface area (Å²) in [6.07, 6.45) is 1.88. The molecule has 0 atom stereocenters. The Hall–Kier alpha value is -0.910. The van der Waals surface area contributed by atoms with Gasteiger partial charge in [0.05, 0.1) is 18.7 Å². The van der Waals surface area contributed by atoms with Crippen LogP contribution >= 0.6 is 27.3 Å². The number of hydrogen-bond donors (Lipinski definition) is 1. The van der Waals surface area contributed by atoms with Gasteiger partial charge in [0.25, 0.3) is 0 Å². The zero-order valence-electron chi connectivity index (χ0n) is 9.44. The molecule has 0 saturated carbocycles. The number of nitrogens with one attached hydrogen (secondary N) is 1. The molecule has 90 valence electrons. The van der Waals surface area contributed by atoms with Crippen LogP contribution in [0.3, 0.4) is 0 Å². The first-order chi connectivity index (χ1) is 8.31. The smallest absolute Gasteiger partial charge is 0.0794 e. The lowest BCUT2D eigenvalue weighted by Crippen LogP contribution is -2.02. The fourth-order valence-corrected chi connectivity index (χ4v) is 2.54. The van der Waals surface area contributed by atoms with Crippen molar-refractivity contribution in [1.29, 1.82) is 0 Å². The predicted octanol–water partition coefficient (Wildman–Crippen LogP) is 3.66. The molecule has 1 N–H and O–H groups in total. The largest absolute Gasteiger partial charge is 0.380 e. The number of nitrogens with zero attached hydrogens (tertiary/aromatic N) is 1. The third-order valence-electron chi connectivity index (χ3n) is 2.34. The summed E-state index contributed by atoms with van der Waals surface area (Å²) in [6.45, 7) is 1.38. The summed E-state index contributed by atoms with van der Waals surface area (Å²) in [5, 5.41) is 3.40. The highest BCUT2D eigenvalue weighted by Crippen LogP contribution is 2.26. The molecule has 0 aliphatic heterocycles. The maximum absolute atomic E-state index is 5.21. The van der Waals surface area contributed by atoms with Crippen LogP contribution in [0.2, 0.25) is 0 Å². The molecular formula is C12H13BrN2OS. The van der Waals surface area contributed by atoms with Crippen LogP contribution in [0.25, 0.3) is 0 Å². The van der Waals surface area contributed by atoms with Crippen LogP contribution < -0.4 is 5.32 Å². The summed E-state index contributed by atoms with van der Waals surface area (Å²) < 4.78 is 6.27. The van der Waals surface area contributed by atoms with E-state index in [1.807, 2.05) is 23.8 Å². The lowest BCUT2D eigenvalue weighted by atomic mass is 10.2. The number of halogens is 1. The molecule has 17 heavy (non-hydrogen) atoms. The first-order valence-electron chi connectivity index (χ1n) is 5.19. The lowest BCUT2D eigenvalue weighted by molar-refractivity contribution is 0.185. The van der Waals surface area contributed by atoms with Crippen molar-refractivity contribution in [3.05, 3.63) is 44.8 Å². The van der Waals surface area contributed by atoms with Gasteiger partial charge in [0.15, 0.2) is 0 Å². The molecule has 0 fully saturated rings. The molecule has 0 aliphatic rings. The molecule has 1 aromatic carbocycles. The van der Waals surface area contributed by atoms with Crippen molar-refractivity contribution in [1.82, 2.24) is 4.98 Å². The second-order valence-corrected chi connectivity index (χ2v) is 5.35. The second kappa shape index (κ2) is 6.14. The third-order valence-corrected chi connectivity index (χ3v) is 3.87. The molecule has 2 rings (SSSR count). The Bertz CT molecular complexity index is 473. The van der Waals surface area contributed by atoms with Gasteiger partial charge in [0, 0.05) is 33.9 Å². The summed E-state index contributed by atoms with van der Waals surface area (Å²) in [5.41, 5.74) is 4.07. The summed E-state index contributed by atoms with van der Waals surface area (Å²) in [6, 6.07) is 6.09. The van der Waals surface area contributed by atoms with E-state index in [1.165, 1.54) is 4.88 Å². The Balaban J connectivity index is 2.11. The topological polar surface area (TPSA) is 34.1 Å². The van der Waals surface area contributed by atoms with Crippen LogP contribution in [-0.2, 0) is 17.9 Å². The van der Waals surface area contributed by atoms with Gasteiger partial charge in [-0.1, -0.05) is 22.0 Å². The maximum atomic E-state index is 5.21. The van der Waals surface area contributed by atoms with E-state index in [9.17, 15) is 0 Å². The average molecular weight is 313 g/mol. The summed E-state index contributed by atoms with van der Waals surface area (Å²) in [5.74, 6) is 0. The third kappa shape index (κ3) is 3.28. The van der Waals surface area contributed by atoms with Crippen molar-refractivity contribution in [2.45, 2.75) is 13.2 Å². The molecule has 0 bridgehead atoms. The van der Waals surface area contributed by atoms with Gasteiger partial charge < -0.3 is 10.1 Å². The van der Waals surface area contributed by atoms with E-state index in [2.05, 4.69) is 32.3 Å². The average Bonchev–Trinajstić information content (AvgIpc) is 2.83. The zero-order valence-corrected chi connectivity index (χ0v) is 11.8. The summed E-state index contributed by atoms with van der Waals surface area (Å²) in [7, 11) is 1.70. The van der Waals surface area contributed by atoms with Gasteiger partial charge in [0.1, 0.15) is 0 Å². The minimum Gasteiger partial charge on any atom is -0.380 e. The molecular weight excluding hydrogens is 300 g/mol. The molecule has 3 nitrogen and oxygen atoms in total. The fraction of sp³-hybridized carbons (Fsp3) is 0.250. The number of thiazole rings is 1. The summed E-state index contributed by atoms with van der Waals surface area (Å²) >= 11 is 5.19. The van der Waals surface area contributed by atoms with Gasteiger partial charge in [-0.2, -0.15) is 0 Å². The molecule has 0 spiro atoms. The molecule has 0 aliphatic carbocycles. The number of rotatable bonds is 5. The highest BCUT2D eigenvalue weighted by Gasteiger charge is 2.06. The van der Waals surface area contributed by atoms with Crippen LogP contribution in [0.4, 0.5) is 5.69 Å². The van der Waals surface area contributed by atoms with Crippen LogP contribution in [-0.4, -0.2) is 12.1 Å². The van der Waals surface area contributed by atoms with E-state index >= 15 is 0 Å². The van der Waals surface area contributed by atoms with Crippen molar-refractivity contribution in [3.8, 4) is 0 Å². The van der Waals surface area contributed by atoms with E-state index < -0.39 is 0 Å². The molecule has 0 unspecified atom stereocenters. The van der Waals surface area contributed by atoms with Gasteiger partial charge in [-0.15, -0.1) is 11.3 Å². The second-order valence-electron chi connectivity index (χ2n) is 3.52. The van der Waals surface area contributed by atoms with Crippen LogP contribution in [0.5, 0.6) is 0 Å². The SMILES string of the molecule is COCc1c(Br)cccc1NCc1cncs1. The number of aromatic nitrogens is 1. The van der Waals surface area contributed by atoms with Gasteiger partial charge >= 0.3 is 0 Å². The van der Waals surface area contributed by atoms with E-state index in [-0.39, 0.29) is 0 Å². The fourth-order valence-electron chi connectivity index (χ4n) is 1.53. The van der Waals surface area contributed by atoms with Gasteiger partial charge in [0.2, 0.25) is 0 Å². The predicted molar refractivity (Wildman–Crippen MR) is 74.3 cm³/mol. The molecule has 0 saturated heterocycles. The Morgan fingerprint density at radius 1 is 1.47 bits per heavy atom. The quantitative estimate of drug-likeness (QED) is 0.914. The van der Waals surface area contributed by atoms with Gasteiger partial charge in [-0.25, -0.2) is 0 Å². The Morgan fingerprint density at radius 2 is 2.35 bits per heavy atom. The van der Waals surface area contributed by atoms with Gasteiger partial charge in [-0.3, -0.25) is 4.98 Å². The molecule has 2 aromatic rings. The number of ether oxygens (including phenoxy) is 1. The zero-order chi connectivity index (χ0) is 12.1. The Kier molecular flexibility index (Phi) is 4.53. The lowest BCUT2D eigenvalue weighted by Gasteiger charge is -2.12. The number of methoxy groups -OCH3 is 1. The number of benzene rings is 1. The van der Waals surface area contributed by atoms with E-state index in [0.29, 0.717) is 6.61 Å². The Labute approximate surface area is 113 Å². The van der Waals surface area contributed by atoms with Gasteiger partial charge in [-0.05, 0) is 12.1 Å². The molecule has 5 heteroatoms.